The zero-order valence-electron chi connectivity index (χ0n) is 19.0. The quantitative estimate of drug-likeness (QED) is 0.336. The number of rotatable bonds is 5. The molecule has 9 heteroatoms. The van der Waals surface area contributed by atoms with Gasteiger partial charge in [-0.25, -0.2) is 4.98 Å². The molecule has 0 atom stereocenters. The number of amides is 2. The van der Waals surface area contributed by atoms with Crippen LogP contribution in [-0.2, 0) is 24.7 Å². The number of aromatic nitrogens is 3. The lowest BCUT2D eigenvalue weighted by molar-refractivity contribution is -0.117. The van der Waals surface area contributed by atoms with Gasteiger partial charge in [-0.15, -0.1) is 11.3 Å². The Bertz CT molecular complexity index is 1460. The van der Waals surface area contributed by atoms with E-state index in [1.807, 2.05) is 31.2 Å². The van der Waals surface area contributed by atoms with Gasteiger partial charge in [0.1, 0.15) is 10.5 Å². The van der Waals surface area contributed by atoms with Gasteiger partial charge in [-0.2, -0.15) is 0 Å². The smallest absolute Gasteiger partial charge is 0.274 e. The summed E-state index contributed by atoms with van der Waals surface area (Å²) in [5.74, 6) is -0.930. The molecule has 0 saturated carbocycles. The molecule has 0 aliphatic heterocycles. The fourth-order valence-electron chi connectivity index (χ4n) is 4.26. The zero-order valence-corrected chi connectivity index (χ0v) is 20.6. The summed E-state index contributed by atoms with van der Waals surface area (Å²) in [6, 6.07) is 11.1. The second kappa shape index (κ2) is 9.23. The van der Waals surface area contributed by atoms with Gasteiger partial charge in [-0.05, 0) is 62.4 Å². The Hall–Kier alpha value is -3.17. The van der Waals surface area contributed by atoms with E-state index in [2.05, 4.69) is 5.32 Å². The van der Waals surface area contributed by atoms with Crippen molar-refractivity contribution in [3.8, 4) is 5.69 Å². The third kappa shape index (κ3) is 4.21. The molecule has 0 spiro atoms. The van der Waals surface area contributed by atoms with Gasteiger partial charge in [0.25, 0.3) is 11.5 Å². The minimum Gasteiger partial charge on any atom is -0.347 e. The highest BCUT2D eigenvalue weighted by Crippen LogP contribution is 2.35. The van der Waals surface area contributed by atoms with Crippen LogP contribution in [0.3, 0.4) is 0 Å². The fraction of sp³-hybridized carbons (Fsp3) is 0.280. The monoisotopic (exact) mass is 492 g/mol. The topological polar surface area (TPSA) is 86.0 Å². The average molecular weight is 493 g/mol. The van der Waals surface area contributed by atoms with E-state index in [9.17, 15) is 14.4 Å². The Balaban J connectivity index is 1.49. The number of imide groups is 1. The van der Waals surface area contributed by atoms with Gasteiger partial charge < -0.3 is 4.57 Å². The number of carbonyl (C=O) groups is 2. The molecular formula is C25H24N4O3S2. The maximum Gasteiger partial charge on any atom is 0.274 e. The minimum atomic E-state index is -0.455. The number of nitrogens with zero attached hydrogens (tertiary/aromatic N) is 3. The van der Waals surface area contributed by atoms with E-state index in [-0.39, 0.29) is 11.3 Å². The Morgan fingerprint density at radius 1 is 1.15 bits per heavy atom. The van der Waals surface area contributed by atoms with Crippen molar-refractivity contribution in [1.29, 1.82) is 0 Å². The van der Waals surface area contributed by atoms with E-state index in [4.69, 9.17) is 4.98 Å². The average Bonchev–Trinajstić information content (AvgIpc) is 3.42. The van der Waals surface area contributed by atoms with Gasteiger partial charge in [-0.3, -0.25) is 24.3 Å². The summed E-state index contributed by atoms with van der Waals surface area (Å²) in [6.07, 6.45) is 5.83. The van der Waals surface area contributed by atoms with Crippen LogP contribution in [0.2, 0.25) is 0 Å². The first-order valence-corrected chi connectivity index (χ1v) is 12.9. The molecular weight excluding hydrogens is 468 g/mol. The summed E-state index contributed by atoms with van der Waals surface area (Å²) >= 11 is 2.74. The van der Waals surface area contributed by atoms with Crippen LogP contribution >= 0.6 is 23.1 Å². The molecule has 1 N–H and O–H groups in total. The van der Waals surface area contributed by atoms with Crippen LogP contribution in [-0.4, -0.2) is 31.7 Å². The number of aryl methyl sites for hydroxylation is 4. The van der Waals surface area contributed by atoms with E-state index in [0.717, 1.165) is 53.4 Å². The molecule has 1 aromatic carbocycles. The summed E-state index contributed by atoms with van der Waals surface area (Å²) in [5, 5.41) is 3.57. The molecule has 2 amide bonds. The van der Waals surface area contributed by atoms with Crippen molar-refractivity contribution in [3.05, 3.63) is 74.6 Å². The Morgan fingerprint density at radius 2 is 1.91 bits per heavy atom. The number of fused-ring (bicyclic) bond motifs is 3. The molecule has 0 saturated heterocycles. The summed E-state index contributed by atoms with van der Waals surface area (Å²) in [5.41, 5.74) is 3.23. The molecule has 1 aliphatic rings. The maximum atomic E-state index is 13.7. The third-order valence-corrected chi connectivity index (χ3v) is 8.14. The summed E-state index contributed by atoms with van der Waals surface area (Å²) in [4.78, 5) is 45.5. The van der Waals surface area contributed by atoms with E-state index in [1.54, 1.807) is 45.8 Å². The number of thioether (sulfide) groups is 1. The largest absolute Gasteiger partial charge is 0.347 e. The molecule has 7 nitrogen and oxygen atoms in total. The molecule has 0 bridgehead atoms. The molecule has 0 unspecified atom stereocenters. The highest BCUT2D eigenvalue weighted by atomic mass is 32.2. The highest BCUT2D eigenvalue weighted by Gasteiger charge is 2.23. The fourth-order valence-corrected chi connectivity index (χ4v) is 6.37. The Labute approximate surface area is 204 Å². The maximum absolute atomic E-state index is 13.7. The Morgan fingerprint density at radius 3 is 2.65 bits per heavy atom. The standard InChI is InChI=1S/C25H24N4O3S2/c1-15-9-11-16(12-10-15)29-24(32)21-17-6-3-4-8-19(17)34-23(21)27-25(29)33-14-20(30)26-22(31)18-7-5-13-28(18)2/h5,7,9-13H,3-4,6,8,14H2,1-2H3,(H,26,30,31). The highest BCUT2D eigenvalue weighted by molar-refractivity contribution is 7.99. The lowest BCUT2D eigenvalue weighted by Crippen LogP contribution is -2.33. The van der Waals surface area contributed by atoms with Crippen LogP contribution in [0.25, 0.3) is 15.9 Å². The molecule has 174 valence electrons. The van der Waals surface area contributed by atoms with Gasteiger partial charge in [0.2, 0.25) is 5.91 Å². The lowest BCUT2D eigenvalue weighted by atomic mass is 9.97. The lowest BCUT2D eigenvalue weighted by Gasteiger charge is -2.14. The van der Waals surface area contributed by atoms with Crippen LogP contribution in [0.4, 0.5) is 0 Å². The van der Waals surface area contributed by atoms with E-state index in [1.165, 1.54) is 4.88 Å². The molecule has 34 heavy (non-hydrogen) atoms. The number of benzene rings is 1. The molecule has 4 aromatic rings. The van der Waals surface area contributed by atoms with Gasteiger partial charge in [-0.1, -0.05) is 29.5 Å². The van der Waals surface area contributed by atoms with Gasteiger partial charge in [0.05, 0.1) is 16.8 Å². The minimum absolute atomic E-state index is 0.0366. The van der Waals surface area contributed by atoms with Crippen LogP contribution in [0.15, 0.2) is 52.5 Å². The van der Waals surface area contributed by atoms with Gasteiger partial charge >= 0.3 is 0 Å². The molecule has 3 heterocycles. The van der Waals surface area contributed by atoms with E-state index >= 15 is 0 Å². The number of hydrogen-bond donors (Lipinski definition) is 1. The van der Waals surface area contributed by atoms with Crippen LogP contribution in [0.1, 0.15) is 39.3 Å². The zero-order chi connectivity index (χ0) is 23.8. The second-order valence-electron chi connectivity index (χ2n) is 8.43. The van der Waals surface area contributed by atoms with Crippen LogP contribution in [0.5, 0.6) is 0 Å². The summed E-state index contributed by atoms with van der Waals surface area (Å²) < 4.78 is 3.25. The van der Waals surface area contributed by atoms with Crippen molar-refractivity contribution in [3.63, 3.8) is 0 Å². The number of thiophene rings is 1. The van der Waals surface area contributed by atoms with Gasteiger partial charge in [0.15, 0.2) is 5.16 Å². The molecule has 1 aliphatic carbocycles. The molecule has 3 aromatic heterocycles. The first kappa shape index (κ1) is 22.6. The molecule has 0 fully saturated rings. The van der Waals surface area contributed by atoms with Crippen LogP contribution in [0, 0.1) is 6.92 Å². The normalized spacial score (nSPS) is 13.1. The van der Waals surface area contributed by atoms with Crippen molar-refractivity contribution in [2.45, 2.75) is 37.8 Å². The Kier molecular flexibility index (Phi) is 6.14. The predicted octanol–water partition coefficient (Wildman–Crippen LogP) is 4.02. The third-order valence-electron chi connectivity index (χ3n) is 6.01. The van der Waals surface area contributed by atoms with Gasteiger partial charge in [0, 0.05) is 18.1 Å². The first-order chi connectivity index (χ1) is 16.4. The first-order valence-electron chi connectivity index (χ1n) is 11.1. The number of carbonyl (C=O) groups excluding carboxylic acids is 2. The number of nitrogens with one attached hydrogen (secondary N) is 1. The van der Waals surface area contributed by atoms with Crippen molar-refractivity contribution in [2.24, 2.45) is 7.05 Å². The summed E-state index contributed by atoms with van der Waals surface area (Å²) in [7, 11) is 1.74. The van der Waals surface area contributed by atoms with Crippen molar-refractivity contribution < 1.29 is 9.59 Å². The predicted molar refractivity (Wildman–Crippen MR) is 135 cm³/mol. The summed E-state index contributed by atoms with van der Waals surface area (Å²) in [6.45, 7) is 1.99. The second-order valence-corrected chi connectivity index (χ2v) is 10.5. The van der Waals surface area contributed by atoms with Crippen molar-refractivity contribution in [1.82, 2.24) is 19.4 Å². The molecule has 0 radical (unpaired) electrons. The SMILES string of the molecule is Cc1ccc(-n2c(SCC(=O)NC(=O)c3cccn3C)nc3sc4c(c3c2=O)CCCC4)cc1. The van der Waals surface area contributed by atoms with Crippen molar-refractivity contribution in [2.75, 3.05) is 5.75 Å². The number of hydrogen-bond acceptors (Lipinski definition) is 6. The van der Waals surface area contributed by atoms with E-state index in [0.29, 0.717) is 21.9 Å². The van der Waals surface area contributed by atoms with Crippen molar-refractivity contribution >= 4 is 45.1 Å². The van der Waals surface area contributed by atoms with Crippen LogP contribution < -0.4 is 10.9 Å². The van der Waals surface area contributed by atoms with E-state index < -0.39 is 11.8 Å². The molecule has 5 rings (SSSR count).